The predicted octanol–water partition coefficient (Wildman–Crippen LogP) is 0.978. The maximum atomic E-state index is 5.31. The Bertz CT molecular complexity index is 93.1. The third-order valence-electron chi connectivity index (χ3n) is 1.25. The summed E-state index contributed by atoms with van der Waals surface area (Å²) in [4.78, 5) is 0. The summed E-state index contributed by atoms with van der Waals surface area (Å²) in [6.07, 6.45) is 4.20. The van der Waals surface area contributed by atoms with Crippen LogP contribution in [0.25, 0.3) is 0 Å². The second kappa shape index (κ2) is 3.64. The molecule has 1 aliphatic rings. The summed E-state index contributed by atoms with van der Waals surface area (Å²) in [5, 5.41) is 0. The molecule has 1 saturated heterocycles. The fraction of sp³-hybridized carbons (Fsp3) is 0.714. The molecule has 0 amide bonds. The van der Waals surface area contributed by atoms with Crippen molar-refractivity contribution in [3.05, 3.63) is 12.2 Å². The van der Waals surface area contributed by atoms with Crippen LogP contribution in [0, 0.1) is 0 Å². The molecule has 0 spiro atoms. The lowest BCUT2D eigenvalue weighted by Gasteiger charge is -2.19. The SMILES string of the molecule is CC=CC1COCCO1. The Hall–Kier alpha value is -0.340. The van der Waals surface area contributed by atoms with Crippen molar-refractivity contribution >= 4 is 0 Å². The van der Waals surface area contributed by atoms with Gasteiger partial charge >= 0.3 is 0 Å². The van der Waals surface area contributed by atoms with E-state index in [2.05, 4.69) is 0 Å². The zero-order chi connectivity index (χ0) is 6.53. The highest BCUT2D eigenvalue weighted by molar-refractivity contribution is 4.87. The number of ether oxygens (including phenoxy) is 2. The molecule has 9 heavy (non-hydrogen) atoms. The lowest BCUT2D eigenvalue weighted by molar-refractivity contribution is -0.0675. The summed E-state index contributed by atoms with van der Waals surface area (Å²) in [5.74, 6) is 0. The molecule has 0 bridgehead atoms. The third-order valence-corrected chi connectivity index (χ3v) is 1.25. The Morgan fingerprint density at radius 3 is 2.89 bits per heavy atom. The van der Waals surface area contributed by atoms with Crippen LogP contribution >= 0.6 is 0 Å². The molecule has 1 heterocycles. The van der Waals surface area contributed by atoms with Gasteiger partial charge in [-0.3, -0.25) is 0 Å². The van der Waals surface area contributed by atoms with Crippen molar-refractivity contribution in [3.8, 4) is 0 Å². The topological polar surface area (TPSA) is 18.5 Å². The quantitative estimate of drug-likeness (QED) is 0.490. The fourth-order valence-electron chi connectivity index (χ4n) is 0.832. The Labute approximate surface area is 55.5 Å². The van der Waals surface area contributed by atoms with E-state index in [1.807, 2.05) is 19.1 Å². The first-order chi connectivity index (χ1) is 4.43. The van der Waals surface area contributed by atoms with Gasteiger partial charge in [-0.25, -0.2) is 0 Å². The van der Waals surface area contributed by atoms with Crippen LogP contribution in [-0.4, -0.2) is 25.9 Å². The standard InChI is InChI=1S/C7H12O2/c1-2-3-7-6-8-4-5-9-7/h2-3,7H,4-6H2,1H3. The van der Waals surface area contributed by atoms with Crippen LogP contribution in [0.15, 0.2) is 12.2 Å². The van der Waals surface area contributed by atoms with Crippen molar-refractivity contribution in [1.82, 2.24) is 0 Å². The monoisotopic (exact) mass is 128 g/mol. The Morgan fingerprint density at radius 1 is 1.44 bits per heavy atom. The van der Waals surface area contributed by atoms with Gasteiger partial charge in [0.05, 0.1) is 25.9 Å². The van der Waals surface area contributed by atoms with Gasteiger partial charge in [0.2, 0.25) is 0 Å². The fourth-order valence-corrected chi connectivity index (χ4v) is 0.832. The molecule has 1 aliphatic heterocycles. The molecule has 2 nitrogen and oxygen atoms in total. The summed E-state index contributed by atoms with van der Waals surface area (Å²) < 4.78 is 10.5. The summed E-state index contributed by atoms with van der Waals surface area (Å²) in [7, 11) is 0. The van der Waals surface area contributed by atoms with Crippen molar-refractivity contribution in [2.75, 3.05) is 19.8 Å². The molecule has 0 aromatic carbocycles. The van der Waals surface area contributed by atoms with E-state index in [0.29, 0.717) is 6.61 Å². The first-order valence-electron chi connectivity index (χ1n) is 3.25. The van der Waals surface area contributed by atoms with E-state index in [1.54, 1.807) is 0 Å². The second-order valence-corrected chi connectivity index (χ2v) is 2.01. The van der Waals surface area contributed by atoms with Crippen LogP contribution in [0.4, 0.5) is 0 Å². The minimum absolute atomic E-state index is 0.198. The second-order valence-electron chi connectivity index (χ2n) is 2.01. The van der Waals surface area contributed by atoms with Crippen LogP contribution in [0.5, 0.6) is 0 Å². The van der Waals surface area contributed by atoms with E-state index in [-0.39, 0.29) is 6.10 Å². The first-order valence-corrected chi connectivity index (χ1v) is 3.25. The zero-order valence-electron chi connectivity index (χ0n) is 5.67. The Morgan fingerprint density at radius 2 is 2.33 bits per heavy atom. The molecule has 0 saturated carbocycles. The summed E-state index contributed by atoms with van der Waals surface area (Å²) in [5.41, 5.74) is 0. The lowest BCUT2D eigenvalue weighted by atomic mass is 10.3. The largest absolute Gasteiger partial charge is 0.376 e. The lowest BCUT2D eigenvalue weighted by Crippen LogP contribution is -2.26. The van der Waals surface area contributed by atoms with Gasteiger partial charge in [-0.1, -0.05) is 12.2 Å². The molecule has 0 aliphatic carbocycles. The van der Waals surface area contributed by atoms with Crippen molar-refractivity contribution < 1.29 is 9.47 Å². The number of hydrogen-bond acceptors (Lipinski definition) is 2. The van der Waals surface area contributed by atoms with E-state index < -0.39 is 0 Å². The van der Waals surface area contributed by atoms with E-state index in [0.717, 1.165) is 13.2 Å². The molecular formula is C7H12O2. The van der Waals surface area contributed by atoms with E-state index in [1.165, 1.54) is 0 Å². The number of allylic oxidation sites excluding steroid dienone is 1. The van der Waals surface area contributed by atoms with Crippen LogP contribution < -0.4 is 0 Å². The van der Waals surface area contributed by atoms with E-state index in [4.69, 9.17) is 9.47 Å². The van der Waals surface area contributed by atoms with Gasteiger partial charge in [0.15, 0.2) is 0 Å². The van der Waals surface area contributed by atoms with Crippen LogP contribution in [-0.2, 0) is 9.47 Å². The summed E-state index contributed by atoms with van der Waals surface area (Å²) in [6.45, 7) is 4.17. The summed E-state index contributed by atoms with van der Waals surface area (Å²) >= 11 is 0. The molecule has 1 atom stereocenters. The summed E-state index contributed by atoms with van der Waals surface area (Å²) in [6, 6.07) is 0. The van der Waals surface area contributed by atoms with Crippen molar-refractivity contribution in [1.29, 1.82) is 0 Å². The molecule has 0 N–H and O–H groups in total. The van der Waals surface area contributed by atoms with Crippen molar-refractivity contribution in [3.63, 3.8) is 0 Å². The van der Waals surface area contributed by atoms with Crippen molar-refractivity contribution in [2.45, 2.75) is 13.0 Å². The molecule has 1 fully saturated rings. The average Bonchev–Trinajstić information content (AvgIpc) is 1.91. The van der Waals surface area contributed by atoms with E-state index in [9.17, 15) is 0 Å². The molecule has 1 rings (SSSR count). The first kappa shape index (κ1) is 6.78. The highest BCUT2D eigenvalue weighted by Crippen LogP contribution is 2.00. The van der Waals surface area contributed by atoms with Gasteiger partial charge in [-0.2, -0.15) is 0 Å². The average molecular weight is 128 g/mol. The number of rotatable bonds is 1. The van der Waals surface area contributed by atoms with Crippen LogP contribution in [0.1, 0.15) is 6.92 Å². The molecule has 0 radical (unpaired) electrons. The van der Waals surface area contributed by atoms with Gasteiger partial charge in [0.1, 0.15) is 0 Å². The third kappa shape index (κ3) is 2.16. The minimum atomic E-state index is 0.198. The maximum Gasteiger partial charge on any atom is 0.0990 e. The smallest absolute Gasteiger partial charge is 0.0990 e. The molecule has 0 aromatic heterocycles. The predicted molar refractivity (Wildman–Crippen MR) is 35.4 cm³/mol. The van der Waals surface area contributed by atoms with Gasteiger partial charge in [-0.15, -0.1) is 0 Å². The van der Waals surface area contributed by atoms with Gasteiger partial charge < -0.3 is 9.47 Å². The molecule has 52 valence electrons. The maximum absolute atomic E-state index is 5.31. The highest BCUT2D eigenvalue weighted by atomic mass is 16.6. The van der Waals surface area contributed by atoms with Gasteiger partial charge in [0, 0.05) is 0 Å². The highest BCUT2D eigenvalue weighted by Gasteiger charge is 2.08. The van der Waals surface area contributed by atoms with Gasteiger partial charge in [-0.05, 0) is 6.92 Å². The molecule has 2 heteroatoms. The molecule has 1 unspecified atom stereocenters. The molecule has 0 aromatic rings. The normalized spacial score (nSPS) is 29.2. The van der Waals surface area contributed by atoms with Gasteiger partial charge in [0.25, 0.3) is 0 Å². The Kier molecular flexibility index (Phi) is 2.74. The van der Waals surface area contributed by atoms with Crippen LogP contribution in [0.2, 0.25) is 0 Å². The minimum Gasteiger partial charge on any atom is -0.376 e. The Balaban J connectivity index is 2.23. The van der Waals surface area contributed by atoms with Crippen molar-refractivity contribution in [2.24, 2.45) is 0 Å². The molecular weight excluding hydrogens is 116 g/mol. The number of hydrogen-bond donors (Lipinski definition) is 0. The zero-order valence-corrected chi connectivity index (χ0v) is 5.67. The van der Waals surface area contributed by atoms with E-state index >= 15 is 0 Å². The van der Waals surface area contributed by atoms with Crippen LogP contribution in [0.3, 0.4) is 0 Å².